The van der Waals surface area contributed by atoms with Gasteiger partial charge in [-0.1, -0.05) is 24.3 Å². The number of amides is 1. The SMILES string of the molecule is COc1ccc2c(c1)/C(=C/C(=O)c1ccc(C(=O)NCc3ccccn3)cc1)NC(C)(C)C2. The average Bonchev–Trinajstić information content (AvgIpc) is 2.82. The normalized spacial score (nSPS) is 15.3. The number of hydrogen-bond donors (Lipinski definition) is 2. The number of nitrogens with one attached hydrogen (secondary N) is 2. The van der Waals surface area contributed by atoms with Gasteiger partial charge in [0.1, 0.15) is 5.75 Å². The number of hydrogen-bond acceptors (Lipinski definition) is 5. The van der Waals surface area contributed by atoms with E-state index in [1.54, 1.807) is 43.6 Å². The van der Waals surface area contributed by atoms with E-state index in [2.05, 4.69) is 29.5 Å². The lowest BCUT2D eigenvalue weighted by atomic mass is 9.85. The van der Waals surface area contributed by atoms with Crippen molar-refractivity contribution >= 4 is 17.4 Å². The van der Waals surface area contributed by atoms with Crippen LogP contribution >= 0.6 is 0 Å². The van der Waals surface area contributed by atoms with E-state index in [-0.39, 0.29) is 17.2 Å². The first kappa shape index (κ1) is 22.3. The number of fused-ring (bicyclic) bond motifs is 1. The molecule has 2 aromatic carbocycles. The fraction of sp³-hybridized carbons (Fsp3) is 0.222. The Morgan fingerprint density at radius 3 is 2.55 bits per heavy atom. The van der Waals surface area contributed by atoms with Crippen molar-refractivity contribution in [3.8, 4) is 5.75 Å². The molecule has 1 aliphatic heterocycles. The Hall–Kier alpha value is -3.93. The van der Waals surface area contributed by atoms with E-state index >= 15 is 0 Å². The highest BCUT2D eigenvalue weighted by Gasteiger charge is 2.28. The minimum absolute atomic E-state index is 0.135. The second kappa shape index (κ2) is 9.28. The monoisotopic (exact) mass is 441 g/mol. The molecule has 6 nitrogen and oxygen atoms in total. The van der Waals surface area contributed by atoms with Crippen LogP contribution in [0.15, 0.2) is 72.9 Å². The molecule has 4 rings (SSSR count). The van der Waals surface area contributed by atoms with Crippen molar-refractivity contribution in [1.82, 2.24) is 15.6 Å². The van der Waals surface area contributed by atoms with Crippen LogP contribution in [0.25, 0.3) is 5.70 Å². The molecule has 168 valence electrons. The molecule has 0 bridgehead atoms. The van der Waals surface area contributed by atoms with Crippen LogP contribution in [-0.2, 0) is 13.0 Å². The summed E-state index contributed by atoms with van der Waals surface area (Å²) >= 11 is 0. The summed E-state index contributed by atoms with van der Waals surface area (Å²) in [6.07, 6.45) is 4.16. The minimum Gasteiger partial charge on any atom is -0.497 e. The number of ether oxygens (including phenoxy) is 1. The van der Waals surface area contributed by atoms with Crippen LogP contribution in [0.4, 0.5) is 0 Å². The van der Waals surface area contributed by atoms with Crippen molar-refractivity contribution in [3.05, 3.63) is 101 Å². The topological polar surface area (TPSA) is 80.3 Å². The number of rotatable bonds is 6. The summed E-state index contributed by atoms with van der Waals surface area (Å²) in [7, 11) is 1.63. The molecule has 0 atom stereocenters. The number of aromatic nitrogens is 1. The van der Waals surface area contributed by atoms with E-state index in [4.69, 9.17) is 4.74 Å². The number of ketones is 1. The first-order valence-corrected chi connectivity index (χ1v) is 10.8. The molecule has 0 unspecified atom stereocenters. The molecule has 0 radical (unpaired) electrons. The zero-order valence-corrected chi connectivity index (χ0v) is 19.0. The van der Waals surface area contributed by atoms with E-state index in [1.807, 2.05) is 36.4 Å². The lowest BCUT2D eigenvalue weighted by Gasteiger charge is -2.35. The van der Waals surface area contributed by atoms with Crippen molar-refractivity contribution in [2.24, 2.45) is 0 Å². The second-order valence-corrected chi connectivity index (χ2v) is 8.71. The highest BCUT2D eigenvalue weighted by atomic mass is 16.5. The molecule has 0 fully saturated rings. The van der Waals surface area contributed by atoms with E-state index in [9.17, 15) is 9.59 Å². The van der Waals surface area contributed by atoms with Crippen LogP contribution in [0.1, 0.15) is 51.4 Å². The third-order valence-electron chi connectivity index (χ3n) is 5.58. The van der Waals surface area contributed by atoms with Gasteiger partial charge in [0, 0.05) is 40.2 Å². The van der Waals surface area contributed by atoms with E-state index in [0.29, 0.717) is 17.7 Å². The summed E-state index contributed by atoms with van der Waals surface area (Å²) < 4.78 is 5.37. The molecule has 1 aliphatic rings. The smallest absolute Gasteiger partial charge is 0.251 e. The Labute approximate surface area is 193 Å². The third-order valence-corrected chi connectivity index (χ3v) is 5.58. The molecule has 0 spiro atoms. The summed E-state index contributed by atoms with van der Waals surface area (Å²) in [6, 6.07) is 18.2. The third kappa shape index (κ3) is 5.29. The van der Waals surface area contributed by atoms with E-state index in [1.165, 1.54) is 5.56 Å². The van der Waals surface area contributed by atoms with Gasteiger partial charge >= 0.3 is 0 Å². The highest BCUT2D eigenvalue weighted by molar-refractivity contribution is 6.09. The molecule has 2 N–H and O–H groups in total. The number of allylic oxidation sites excluding steroid dienone is 1. The first-order chi connectivity index (χ1) is 15.8. The zero-order chi connectivity index (χ0) is 23.4. The molecular formula is C27H27N3O3. The van der Waals surface area contributed by atoms with Gasteiger partial charge in [-0.2, -0.15) is 0 Å². The summed E-state index contributed by atoms with van der Waals surface area (Å²) in [5.41, 5.74) is 4.50. The first-order valence-electron chi connectivity index (χ1n) is 10.8. The van der Waals surface area contributed by atoms with Gasteiger partial charge in [-0.25, -0.2) is 0 Å². The lowest BCUT2D eigenvalue weighted by molar-refractivity contribution is 0.0949. The second-order valence-electron chi connectivity index (χ2n) is 8.71. The fourth-order valence-electron chi connectivity index (χ4n) is 3.93. The molecule has 0 saturated carbocycles. The van der Waals surface area contributed by atoms with Crippen molar-refractivity contribution in [3.63, 3.8) is 0 Å². The number of carbonyl (C=O) groups excluding carboxylic acids is 2. The Balaban J connectivity index is 1.51. The molecule has 0 saturated heterocycles. The molecular weight excluding hydrogens is 414 g/mol. The number of carbonyl (C=O) groups is 2. The summed E-state index contributed by atoms with van der Waals surface area (Å²) in [4.78, 5) is 29.6. The maximum absolute atomic E-state index is 13.0. The predicted molar refractivity (Wildman–Crippen MR) is 128 cm³/mol. The molecule has 0 aliphatic carbocycles. The predicted octanol–water partition coefficient (Wildman–Crippen LogP) is 4.17. The molecule has 2 heterocycles. The number of pyridine rings is 1. The van der Waals surface area contributed by atoms with E-state index in [0.717, 1.165) is 29.1 Å². The number of methoxy groups -OCH3 is 1. The van der Waals surface area contributed by atoms with Crippen molar-refractivity contribution in [1.29, 1.82) is 0 Å². The summed E-state index contributed by atoms with van der Waals surface area (Å²) in [5.74, 6) is 0.397. The maximum Gasteiger partial charge on any atom is 0.251 e. The summed E-state index contributed by atoms with van der Waals surface area (Å²) in [6.45, 7) is 4.56. The molecule has 33 heavy (non-hydrogen) atoms. The van der Waals surface area contributed by atoms with Gasteiger partial charge in [0.2, 0.25) is 0 Å². The van der Waals surface area contributed by atoms with Gasteiger partial charge in [0.05, 0.1) is 19.3 Å². The van der Waals surface area contributed by atoms with Crippen LogP contribution < -0.4 is 15.4 Å². The maximum atomic E-state index is 13.0. The number of benzene rings is 2. The largest absolute Gasteiger partial charge is 0.497 e. The van der Waals surface area contributed by atoms with Crippen LogP contribution in [0.5, 0.6) is 5.75 Å². The Kier molecular flexibility index (Phi) is 6.27. The van der Waals surface area contributed by atoms with Gasteiger partial charge in [-0.05, 0) is 62.2 Å². The Morgan fingerprint density at radius 1 is 1.09 bits per heavy atom. The van der Waals surface area contributed by atoms with Crippen molar-refractivity contribution < 1.29 is 14.3 Å². The summed E-state index contributed by atoms with van der Waals surface area (Å²) in [5, 5.41) is 6.32. The molecule has 3 aromatic rings. The minimum atomic E-state index is -0.213. The fourth-order valence-corrected chi connectivity index (χ4v) is 3.93. The zero-order valence-electron chi connectivity index (χ0n) is 19.0. The standard InChI is InChI=1S/C27H27N3O3/c1-27(2)16-20-11-12-22(33-3)14-23(20)24(30-27)15-25(31)18-7-9-19(10-8-18)26(32)29-17-21-6-4-5-13-28-21/h4-15,30H,16-17H2,1-3H3,(H,29,32)/b24-15-. The quantitative estimate of drug-likeness (QED) is 0.443. The van der Waals surface area contributed by atoms with Crippen LogP contribution in [0, 0.1) is 0 Å². The average molecular weight is 442 g/mol. The van der Waals surface area contributed by atoms with Gasteiger partial charge in [-0.15, -0.1) is 0 Å². The Morgan fingerprint density at radius 2 is 1.85 bits per heavy atom. The van der Waals surface area contributed by atoms with E-state index < -0.39 is 0 Å². The van der Waals surface area contributed by atoms with Crippen LogP contribution in [0.2, 0.25) is 0 Å². The number of nitrogens with zero attached hydrogens (tertiary/aromatic N) is 1. The van der Waals surface area contributed by atoms with Crippen LogP contribution in [0.3, 0.4) is 0 Å². The van der Waals surface area contributed by atoms with Gasteiger partial charge < -0.3 is 15.4 Å². The molecule has 1 amide bonds. The van der Waals surface area contributed by atoms with Crippen LogP contribution in [-0.4, -0.2) is 29.3 Å². The molecule has 1 aromatic heterocycles. The molecule has 6 heteroatoms. The highest BCUT2D eigenvalue weighted by Crippen LogP contribution is 2.32. The van der Waals surface area contributed by atoms with Gasteiger partial charge in [0.25, 0.3) is 5.91 Å². The van der Waals surface area contributed by atoms with Gasteiger partial charge in [0.15, 0.2) is 5.78 Å². The van der Waals surface area contributed by atoms with Gasteiger partial charge in [-0.3, -0.25) is 14.6 Å². The van der Waals surface area contributed by atoms with Crippen molar-refractivity contribution in [2.45, 2.75) is 32.4 Å². The lowest BCUT2D eigenvalue weighted by Crippen LogP contribution is -2.43. The Bertz CT molecular complexity index is 1200. The van der Waals surface area contributed by atoms with Crippen molar-refractivity contribution in [2.75, 3.05) is 7.11 Å².